The molecule has 0 aromatic heterocycles. The zero-order valence-corrected chi connectivity index (χ0v) is 10.7. The smallest absolute Gasteiger partial charge is 0.419 e. The molecule has 0 unspecified atom stereocenters. The molecule has 0 bridgehead atoms. The molecule has 1 aromatic rings. The Morgan fingerprint density at radius 2 is 2.00 bits per heavy atom. The lowest BCUT2D eigenvalue weighted by atomic mass is 10.1. The fourth-order valence-corrected chi connectivity index (χ4v) is 1.43. The van der Waals surface area contributed by atoms with E-state index in [0.29, 0.717) is 0 Å². The van der Waals surface area contributed by atoms with Crippen LogP contribution in [0.1, 0.15) is 22.8 Å². The van der Waals surface area contributed by atoms with Gasteiger partial charge in [0.15, 0.2) is 0 Å². The van der Waals surface area contributed by atoms with Crippen LogP contribution >= 0.6 is 0 Å². The third kappa shape index (κ3) is 3.60. The number of hydrogen-bond acceptors (Lipinski definition) is 3. The molecule has 1 rings (SSSR count). The van der Waals surface area contributed by atoms with Gasteiger partial charge in [-0.05, 0) is 25.1 Å². The Morgan fingerprint density at radius 1 is 1.37 bits per heavy atom. The van der Waals surface area contributed by atoms with Gasteiger partial charge in [-0.2, -0.15) is 13.2 Å². The molecule has 0 N–H and O–H groups in total. The molecule has 0 saturated heterocycles. The van der Waals surface area contributed by atoms with Crippen molar-refractivity contribution in [2.45, 2.75) is 13.1 Å². The van der Waals surface area contributed by atoms with Crippen LogP contribution in [0.2, 0.25) is 0 Å². The number of rotatable bonds is 4. The van der Waals surface area contributed by atoms with Crippen molar-refractivity contribution in [1.82, 2.24) is 5.06 Å². The molecule has 0 heterocycles. The summed E-state index contributed by atoms with van der Waals surface area (Å²) in [5, 5.41) is 0.915. The molecule has 106 valence electrons. The minimum Gasteiger partial charge on any atom is -0.493 e. The van der Waals surface area contributed by atoms with Crippen LogP contribution < -0.4 is 4.74 Å². The first-order valence-electron chi connectivity index (χ1n) is 5.47. The number of alkyl halides is 3. The van der Waals surface area contributed by atoms with Gasteiger partial charge in [0.2, 0.25) is 0 Å². The van der Waals surface area contributed by atoms with E-state index in [4.69, 9.17) is 4.74 Å². The van der Waals surface area contributed by atoms with Crippen LogP contribution in [0.5, 0.6) is 5.75 Å². The maximum absolute atomic E-state index is 12.7. The molecule has 0 aliphatic rings. The molecular weight excluding hydrogens is 263 g/mol. The van der Waals surface area contributed by atoms with E-state index in [1.54, 1.807) is 6.92 Å². The molecule has 4 nitrogen and oxygen atoms in total. The van der Waals surface area contributed by atoms with Crippen molar-refractivity contribution in [1.29, 1.82) is 0 Å². The fraction of sp³-hybridized carbons (Fsp3) is 0.417. The number of ether oxygens (including phenoxy) is 1. The quantitative estimate of drug-likeness (QED) is 0.794. The molecule has 0 spiro atoms. The van der Waals surface area contributed by atoms with Crippen molar-refractivity contribution in [3.63, 3.8) is 0 Å². The van der Waals surface area contributed by atoms with E-state index in [9.17, 15) is 18.0 Å². The number of benzene rings is 1. The van der Waals surface area contributed by atoms with Crippen LogP contribution in [0.15, 0.2) is 18.2 Å². The largest absolute Gasteiger partial charge is 0.493 e. The maximum Gasteiger partial charge on any atom is 0.419 e. The minimum absolute atomic E-state index is 0.0563. The van der Waals surface area contributed by atoms with E-state index in [1.807, 2.05) is 0 Å². The van der Waals surface area contributed by atoms with Crippen LogP contribution in [-0.2, 0) is 11.0 Å². The van der Waals surface area contributed by atoms with Gasteiger partial charge in [-0.25, -0.2) is 5.06 Å². The van der Waals surface area contributed by atoms with Gasteiger partial charge < -0.3 is 4.74 Å². The Morgan fingerprint density at radius 3 is 2.47 bits per heavy atom. The van der Waals surface area contributed by atoms with Crippen LogP contribution in [0.3, 0.4) is 0 Å². The molecule has 7 heteroatoms. The minimum atomic E-state index is -4.53. The third-order valence-electron chi connectivity index (χ3n) is 2.39. The van der Waals surface area contributed by atoms with E-state index >= 15 is 0 Å². The second kappa shape index (κ2) is 5.92. The van der Waals surface area contributed by atoms with Crippen molar-refractivity contribution in [2.75, 3.05) is 20.8 Å². The number of hydrogen-bond donors (Lipinski definition) is 0. The summed E-state index contributed by atoms with van der Waals surface area (Å²) in [7, 11) is 2.64. The van der Waals surface area contributed by atoms with Gasteiger partial charge in [-0.3, -0.25) is 9.63 Å². The second-order valence-corrected chi connectivity index (χ2v) is 3.63. The highest BCUT2D eigenvalue weighted by atomic mass is 19.4. The average molecular weight is 277 g/mol. The second-order valence-electron chi connectivity index (χ2n) is 3.63. The normalized spacial score (nSPS) is 11.3. The van der Waals surface area contributed by atoms with Gasteiger partial charge in [0.1, 0.15) is 5.75 Å². The molecular formula is C12H14F3NO3. The number of amides is 1. The van der Waals surface area contributed by atoms with E-state index in [2.05, 4.69) is 4.84 Å². The van der Waals surface area contributed by atoms with Crippen molar-refractivity contribution in [2.24, 2.45) is 0 Å². The molecule has 0 fully saturated rings. The number of carbonyl (C=O) groups excluding carboxylic acids is 1. The number of halogens is 3. The molecule has 0 saturated carbocycles. The monoisotopic (exact) mass is 277 g/mol. The number of nitrogens with zero attached hydrogens (tertiary/aromatic N) is 1. The highest BCUT2D eigenvalue weighted by molar-refractivity contribution is 5.93. The maximum atomic E-state index is 12.7. The van der Waals surface area contributed by atoms with Crippen LogP contribution in [0.4, 0.5) is 13.2 Å². The summed E-state index contributed by atoms with van der Waals surface area (Å²) >= 11 is 0. The van der Waals surface area contributed by atoms with Gasteiger partial charge in [-0.1, -0.05) is 0 Å². The summed E-state index contributed by atoms with van der Waals surface area (Å²) in [5.74, 6) is -0.928. The molecule has 0 aliphatic carbocycles. The predicted octanol–water partition coefficient (Wildman–Crippen LogP) is 2.74. The van der Waals surface area contributed by atoms with Gasteiger partial charge in [0, 0.05) is 12.6 Å². The highest BCUT2D eigenvalue weighted by Crippen LogP contribution is 2.36. The molecule has 1 aromatic carbocycles. The Labute approximate surface area is 108 Å². The van der Waals surface area contributed by atoms with Crippen LogP contribution in [0, 0.1) is 0 Å². The summed E-state index contributed by atoms with van der Waals surface area (Å²) < 4.78 is 43.1. The van der Waals surface area contributed by atoms with Crippen LogP contribution in [0.25, 0.3) is 0 Å². The van der Waals surface area contributed by atoms with Crippen molar-refractivity contribution >= 4 is 5.91 Å². The first-order valence-corrected chi connectivity index (χ1v) is 5.47. The molecule has 19 heavy (non-hydrogen) atoms. The Hall–Kier alpha value is -1.76. The lowest BCUT2D eigenvalue weighted by Gasteiger charge is -2.17. The summed E-state index contributed by atoms with van der Waals surface area (Å²) in [6.45, 7) is 1.64. The first kappa shape index (κ1) is 15.3. The van der Waals surface area contributed by atoms with E-state index in [-0.39, 0.29) is 17.9 Å². The molecule has 1 amide bonds. The fourth-order valence-electron chi connectivity index (χ4n) is 1.43. The third-order valence-corrected chi connectivity index (χ3v) is 2.39. The highest BCUT2D eigenvalue weighted by Gasteiger charge is 2.34. The molecule has 0 aliphatic heterocycles. The first-order chi connectivity index (χ1) is 8.81. The summed E-state index contributed by atoms with van der Waals surface area (Å²) in [6, 6.07) is 2.97. The van der Waals surface area contributed by atoms with E-state index in [0.717, 1.165) is 23.3 Å². The average Bonchev–Trinajstić information content (AvgIpc) is 2.36. The van der Waals surface area contributed by atoms with Gasteiger partial charge >= 0.3 is 6.18 Å². The molecule has 0 atom stereocenters. The summed E-state index contributed by atoms with van der Waals surface area (Å²) in [5.41, 5.74) is -0.855. The standard InChI is InChI=1S/C12H14F3NO3/c1-4-19-10-7-8(11(17)16(2)18-3)5-6-9(10)12(13,14)15/h5-7H,4H2,1-3H3. The van der Waals surface area contributed by atoms with Crippen LogP contribution in [-0.4, -0.2) is 31.7 Å². The predicted molar refractivity (Wildman–Crippen MR) is 61.7 cm³/mol. The lowest BCUT2D eigenvalue weighted by molar-refractivity contribution is -0.138. The number of hydroxylamine groups is 2. The Kier molecular flexibility index (Phi) is 4.77. The Balaban J connectivity index is 3.20. The SMILES string of the molecule is CCOc1cc(C(=O)N(C)OC)ccc1C(F)(F)F. The van der Waals surface area contributed by atoms with Gasteiger partial charge in [0.05, 0.1) is 19.3 Å². The Bertz CT molecular complexity index is 460. The zero-order valence-electron chi connectivity index (χ0n) is 10.7. The molecule has 0 radical (unpaired) electrons. The van der Waals surface area contributed by atoms with E-state index < -0.39 is 17.6 Å². The van der Waals surface area contributed by atoms with Crippen molar-refractivity contribution in [3.8, 4) is 5.75 Å². The zero-order chi connectivity index (χ0) is 14.6. The number of carbonyl (C=O) groups is 1. The van der Waals surface area contributed by atoms with E-state index in [1.165, 1.54) is 14.2 Å². The van der Waals surface area contributed by atoms with Crippen molar-refractivity contribution < 1.29 is 27.5 Å². The van der Waals surface area contributed by atoms with Gasteiger partial charge in [-0.15, -0.1) is 0 Å². The lowest BCUT2D eigenvalue weighted by Crippen LogP contribution is -2.25. The summed E-state index contributed by atoms with van der Waals surface area (Å²) in [6.07, 6.45) is -4.53. The van der Waals surface area contributed by atoms with Gasteiger partial charge in [0.25, 0.3) is 5.91 Å². The topological polar surface area (TPSA) is 38.8 Å². The van der Waals surface area contributed by atoms with Crippen molar-refractivity contribution in [3.05, 3.63) is 29.3 Å². The summed E-state index contributed by atoms with van der Waals surface area (Å²) in [4.78, 5) is 16.4.